The molecule has 6 nitrogen and oxygen atoms in total. The number of anilines is 1. The second kappa shape index (κ2) is 7.59. The molecule has 0 N–H and O–H groups in total. The number of carbonyl (C=O) groups excluding carboxylic acids is 1. The number of amides is 1. The zero-order valence-electron chi connectivity index (χ0n) is 18.2. The molecule has 4 rings (SSSR count). The largest absolute Gasteiger partial charge is 0.496 e. The molecule has 0 saturated heterocycles. The lowest BCUT2D eigenvalue weighted by molar-refractivity contribution is -0.126. The van der Waals surface area contributed by atoms with Crippen LogP contribution in [0.25, 0.3) is 0 Å². The van der Waals surface area contributed by atoms with Crippen molar-refractivity contribution in [2.75, 3.05) is 12.0 Å². The Bertz CT molecular complexity index is 1050. The molecule has 2 atom stereocenters. The first-order valence-electron chi connectivity index (χ1n) is 10.2. The molecule has 0 radical (unpaired) electrons. The summed E-state index contributed by atoms with van der Waals surface area (Å²) in [7, 11) is 1.68. The van der Waals surface area contributed by atoms with E-state index < -0.39 is 5.41 Å². The smallest absolute Gasteiger partial charge is 0.235 e. The fraction of sp³-hybridized carbons (Fsp3) is 0.375. The summed E-state index contributed by atoms with van der Waals surface area (Å²) in [5.41, 5.74) is 2.77. The number of hydrogen-bond acceptors (Lipinski definition) is 4. The molecule has 2 heterocycles. The molecule has 1 aliphatic heterocycles. The molecule has 1 amide bonds. The summed E-state index contributed by atoms with van der Waals surface area (Å²) in [5, 5.41) is 4.50. The van der Waals surface area contributed by atoms with Crippen LogP contribution in [0.1, 0.15) is 56.0 Å². The van der Waals surface area contributed by atoms with Crippen molar-refractivity contribution in [1.29, 1.82) is 0 Å². The summed E-state index contributed by atoms with van der Waals surface area (Å²) in [6.07, 6.45) is 2.21. The molecule has 30 heavy (non-hydrogen) atoms. The number of nitrogens with zero attached hydrogens (tertiary/aromatic N) is 4. The summed E-state index contributed by atoms with van der Waals surface area (Å²) in [4.78, 5) is 19.9. The standard InChI is InChI=1S/C24H28N4O2/c1-16-10-12-17(13-11-16)19-14-20(18-8-6-7-9-21(18)30-5)28-23(25-15-26-28)27(19)22(29)24(2,3)4/h6-13,15,19-20H,14H2,1-5H3/t19-,20-/m1/s1. The Kier molecular flexibility index (Phi) is 5.10. The topological polar surface area (TPSA) is 60.2 Å². The van der Waals surface area contributed by atoms with Crippen LogP contribution >= 0.6 is 0 Å². The number of ether oxygens (including phenoxy) is 1. The Morgan fingerprint density at radius 1 is 1.07 bits per heavy atom. The van der Waals surface area contributed by atoms with Crippen molar-refractivity contribution in [2.24, 2.45) is 5.41 Å². The number of benzene rings is 2. The van der Waals surface area contributed by atoms with Crippen molar-refractivity contribution in [2.45, 2.75) is 46.2 Å². The number of methoxy groups -OCH3 is 1. The molecule has 3 aromatic rings. The van der Waals surface area contributed by atoms with Gasteiger partial charge < -0.3 is 4.74 Å². The van der Waals surface area contributed by atoms with E-state index in [1.54, 1.807) is 7.11 Å². The van der Waals surface area contributed by atoms with Gasteiger partial charge in [0.25, 0.3) is 0 Å². The van der Waals surface area contributed by atoms with Gasteiger partial charge >= 0.3 is 0 Å². The zero-order chi connectivity index (χ0) is 21.5. The highest BCUT2D eigenvalue weighted by Crippen LogP contribution is 2.45. The van der Waals surface area contributed by atoms with Crippen LogP contribution < -0.4 is 9.64 Å². The SMILES string of the molecule is COc1ccccc1[C@H]1C[C@H](c2ccc(C)cc2)N(C(=O)C(C)(C)C)c2ncnn21. The fourth-order valence-electron chi connectivity index (χ4n) is 4.06. The van der Waals surface area contributed by atoms with Crippen LogP contribution in [0.4, 0.5) is 5.95 Å². The lowest BCUT2D eigenvalue weighted by atomic mass is 9.88. The molecule has 0 saturated carbocycles. The van der Waals surface area contributed by atoms with Crippen molar-refractivity contribution in [3.05, 3.63) is 71.5 Å². The van der Waals surface area contributed by atoms with Crippen molar-refractivity contribution in [3.8, 4) is 5.75 Å². The van der Waals surface area contributed by atoms with Gasteiger partial charge in [0, 0.05) is 11.0 Å². The third-order valence-electron chi connectivity index (χ3n) is 5.64. The molecular formula is C24H28N4O2. The van der Waals surface area contributed by atoms with Crippen molar-refractivity contribution in [3.63, 3.8) is 0 Å². The maximum absolute atomic E-state index is 13.5. The maximum Gasteiger partial charge on any atom is 0.235 e. The van der Waals surface area contributed by atoms with E-state index in [-0.39, 0.29) is 18.0 Å². The van der Waals surface area contributed by atoms with E-state index in [4.69, 9.17) is 4.74 Å². The van der Waals surface area contributed by atoms with Gasteiger partial charge in [-0.15, -0.1) is 0 Å². The molecule has 0 unspecified atom stereocenters. The minimum absolute atomic E-state index is 0.0285. The molecule has 0 aliphatic carbocycles. The number of rotatable bonds is 3. The Morgan fingerprint density at radius 3 is 2.43 bits per heavy atom. The molecule has 0 bridgehead atoms. The van der Waals surface area contributed by atoms with Crippen LogP contribution in [0, 0.1) is 12.3 Å². The Hall–Kier alpha value is -3.15. The molecule has 156 valence electrons. The van der Waals surface area contributed by atoms with Gasteiger partial charge in [0.15, 0.2) is 0 Å². The van der Waals surface area contributed by atoms with E-state index in [1.165, 1.54) is 11.9 Å². The van der Waals surface area contributed by atoms with Crippen LogP contribution in [0.2, 0.25) is 0 Å². The van der Waals surface area contributed by atoms with Crippen molar-refractivity contribution >= 4 is 11.9 Å². The lowest BCUT2D eigenvalue weighted by Crippen LogP contribution is -2.47. The van der Waals surface area contributed by atoms with Crippen molar-refractivity contribution in [1.82, 2.24) is 14.8 Å². The normalized spacial score (nSPS) is 18.8. The molecule has 1 aromatic heterocycles. The fourth-order valence-corrected chi connectivity index (χ4v) is 4.06. The molecular weight excluding hydrogens is 376 g/mol. The Balaban J connectivity index is 1.89. The first-order valence-corrected chi connectivity index (χ1v) is 10.2. The number of aromatic nitrogens is 3. The van der Waals surface area contributed by atoms with Gasteiger partial charge in [0.05, 0.1) is 19.2 Å². The van der Waals surface area contributed by atoms with Crippen LogP contribution in [0.3, 0.4) is 0 Å². The Labute approximate surface area is 177 Å². The maximum atomic E-state index is 13.5. The van der Waals surface area contributed by atoms with Gasteiger partial charge in [0.1, 0.15) is 12.1 Å². The summed E-state index contributed by atoms with van der Waals surface area (Å²) in [5.74, 6) is 1.41. The predicted molar refractivity (Wildman–Crippen MR) is 117 cm³/mol. The van der Waals surface area contributed by atoms with E-state index in [0.717, 1.165) is 16.9 Å². The highest BCUT2D eigenvalue weighted by atomic mass is 16.5. The third kappa shape index (κ3) is 3.47. The van der Waals surface area contributed by atoms with E-state index in [1.807, 2.05) is 48.6 Å². The Morgan fingerprint density at radius 2 is 1.77 bits per heavy atom. The minimum atomic E-state index is -0.545. The number of carbonyl (C=O) groups is 1. The quantitative estimate of drug-likeness (QED) is 0.634. The van der Waals surface area contributed by atoms with E-state index in [2.05, 4.69) is 47.3 Å². The van der Waals surface area contributed by atoms with Gasteiger partial charge in [-0.25, -0.2) is 4.68 Å². The van der Waals surface area contributed by atoms with Crippen molar-refractivity contribution < 1.29 is 9.53 Å². The highest BCUT2D eigenvalue weighted by Gasteiger charge is 2.43. The molecule has 6 heteroatoms. The average Bonchev–Trinajstić information content (AvgIpc) is 3.22. The van der Waals surface area contributed by atoms with E-state index >= 15 is 0 Å². The number of aryl methyl sites for hydroxylation is 1. The first kappa shape index (κ1) is 20.1. The van der Waals surface area contributed by atoms with Crippen LogP contribution in [0.5, 0.6) is 5.75 Å². The van der Waals surface area contributed by atoms with Crippen LogP contribution in [-0.2, 0) is 4.79 Å². The second-order valence-corrected chi connectivity index (χ2v) is 8.85. The summed E-state index contributed by atoms with van der Waals surface area (Å²) >= 11 is 0. The molecule has 0 fully saturated rings. The van der Waals surface area contributed by atoms with E-state index in [9.17, 15) is 4.79 Å². The van der Waals surface area contributed by atoms with Gasteiger partial charge in [0.2, 0.25) is 11.9 Å². The summed E-state index contributed by atoms with van der Waals surface area (Å²) in [6, 6.07) is 16.1. The van der Waals surface area contributed by atoms with E-state index in [0.29, 0.717) is 12.4 Å². The number of fused-ring (bicyclic) bond motifs is 1. The van der Waals surface area contributed by atoms with Crippen LogP contribution in [-0.4, -0.2) is 27.8 Å². The summed E-state index contributed by atoms with van der Waals surface area (Å²) < 4.78 is 7.49. The lowest BCUT2D eigenvalue weighted by Gasteiger charge is -2.41. The monoisotopic (exact) mass is 404 g/mol. The van der Waals surface area contributed by atoms with Gasteiger partial charge in [-0.3, -0.25) is 9.69 Å². The molecule has 1 aliphatic rings. The summed E-state index contributed by atoms with van der Waals surface area (Å²) in [6.45, 7) is 7.88. The van der Waals surface area contributed by atoms with Crippen LogP contribution in [0.15, 0.2) is 54.9 Å². The predicted octanol–water partition coefficient (Wildman–Crippen LogP) is 4.71. The van der Waals surface area contributed by atoms with Gasteiger partial charge in [-0.05, 0) is 25.0 Å². The molecule has 0 spiro atoms. The zero-order valence-corrected chi connectivity index (χ0v) is 18.2. The molecule has 2 aromatic carbocycles. The average molecular weight is 405 g/mol. The minimum Gasteiger partial charge on any atom is -0.496 e. The number of hydrogen-bond donors (Lipinski definition) is 0. The van der Waals surface area contributed by atoms with Gasteiger partial charge in [-0.1, -0.05) is 68.8 Å². The first-order chi connectivity index (χ1) is 14.3. The highest BCUT2D eigenvalue weighted by molar-refractivity contribution is 5.96. The number of para-hydroxylation sites is 1. The second-order valence-electron chi connectivity index (χ2n) is 8.85. The third-order valence-corrected chi connectivity index (χ3v) is 5.64. The van der Waals surface area contributed by atoms with Gasteiger partial charge in [-0.2, -0.15) is 10.1 Å².